The van der Waals surface area contributed by atoms with Crippen LogP contribution in [0.5, 0.6) is 5.75 Å². The molecule has 0 aliphatic rings. The number of nitrogens with one attached hydrogen (secondary N) is 1. The van der Waals surface area contributed by atoms with Crippen LogP contribution in [0.1, 0.15) is 43.9 Å². The van der Waals surface area contributed by atoms with Crippen LogP contribution in [-0.4, -0.2) is 12.5 Å². The molecule has 2 aromatic rings. The minimum absolute atomic E-state index is 0.172. The van der Waals surface area contributed by atoms with E-state index in [1.807, 2.05) is 18.2 Å². The highest BCUT2D eigenvalue weighted by atomic mass is 19.1. The SMILES string of the molecule is CC(C)c1cccc(OCC(=O)NC(C)c2ccc(F)cc2F)c1. The second-order valence-corrected chi connectivity index (χ2v) is 5.97. The number of amides is 1. The summed E-state index contributed by atoms with van der Waals surface area (Å²) in [5, 5.41) is 2.64. The Kier molecular flexibility index (Phi) is 5.90. The van der Waals surface area contributed by atoms with E-state index in [1.54, 1.807) is 13.0 Å². The lowest BCUT2D eigenvalue weighted by Crippen LogP contribution is -2.31. The average molecular weight is 333 g/mol. The molecule has 2 aromatic carbocycles. The second-order valence-electron chi connectivity index (χ2n) is 5.97. The number of carbonyl (C=O) groups is 1. The monoisotopic (exact) mass is 333 g/mol. The van der Waals surface area contributed by atoms with Gasteiger partial charge >= 0.3 is 0 Å². The van der Waals surface area contributed by atoms with Crippen molar-refractivity contribution >= 4 is 5.91 Å². The van der Waals surface area contributed by atoms with Gasteiger partial charge in [0.2, 0.25) is 0 Å². The van der Waals surface area contributed by atoms with Crippen molar-refractivity contribution in [2.24, 2.45) is 0 Å². The van der Waals surface area contributed by atoms with Gasteiger partial charge in [-0.2, -0.15) is 0 Å². The van der Waals surface area contributed by atoms with Gasteiger partial charge in [-0.05, 0) is 36.6 Å². The lowest BCUT2D eigenvalue weighted by molar-refractivity contribution is -0.123. The smallest absolute Gasteiger partial charge is 0.258 e. The van der Waals surface area contributed by atoms with Gasteiger partial charge in [0.25, 0.3) is 5.91 Å². The normalized spacial score (nSPS) is 12.1. The number of ether oxygens (including phenoxy) is 1. The van der Waals surface area contributed by atoms with Crippen molar-refractivity contribution in [3.05, 3.63) is 65.2 Å². The average Bonchev–Trinajstić information content (AvgIpc) is 2.53. The molecule has 0 saturated carbocycles. The molecule has 128 valence electrons. The molecule has 1 atom stereocenters. The molecule has 0 heterocycles. The number of hydrogen-bond acceptors (Lipinski definition) is 2. The Hall–Kier alpha value is -2.43. The Morgan fingerprint density at radius 3 is 2.54 bits per heavy atom. The lowest BCUT2D eigenvalue weighted by atomic mass is 10.0. The van der Waals surface area contributed by atoms with Crippen LogP contribution in [0.3, 0.4) is 0 Å². The van der Waals surface area contributed by atoms with E-state index in [1.165, 1.54) is 6.07 Å². The molecular formula is C19H21F2NO2. The first-order chi connectivity index (χ1) is 11.4. The Morgan fingerprint density at radius 1 is 1.12 bits per heavy atom. The lowest BCUT2D eigenvalue weighted by Gasteiger charge is -2.16. The van der Waals surface area contributed by atoms with E-state index in [-0.39, 0.29) is 18.1 Å². The summed E-state index contributed by atoms with van der Waals surface area (Å²) in [6.07, 6.45) is 0. The molecule has 1 amide bonds. The highest BCUT2D eigenvalue weighted by Crippen LogP contribution is 2.20. The van der Waals surface area contributed by atoms with Crippen molar-refractivity contribution in [2.45, 2.75) is 32.7 Å². The van der Waals surface area contributed by atoms with Gasteiger partial charge in [-0.25, -0.2) is 8.78 Å². The van der Waals surface area contributed by atoms with Crippen molar-refractivity contribution in [1.82, 2.24) is 5.32 Å². The van der Waals surface area contributed by atoms with Crippen LogP contribution in [0.2, 0.25) is 0 Å². The molecule has 0 bridgehead atoms. The van der Waals surface area contributed by atoms with Crippen LogP contribution >= 0.6 is 0 Å². The van der Waals surface area contributed by atoms with E-state index < -0.39 is 17.7 Å². The van der Waals surface area contributed by atoms with E-state index in [2.05, 4.69) is 19.2 Å². The molecule has 24 heavy (non-hydrogen) atoms. The molecular weight excluding hydrogens is 312 g/mol. The molecule has 0 radical (unpaired) electrons. The van der Waals surface area contributed by atoms with Gasteiger partial charge in [-0.3, -0.25) is 4.79 Å². The van der Waals surface area contributed by atoms with Gasteiger partial charge in [0.05, 0.1) is 6.04 Å². The third kappa shape index (κ3) is 4.78. The fourth-order valence-corrected chi connectivity index (χ4v) is 2.33. The highest BCUT2D eigenvalue weighted by molar-refractivity contribution is 5.78. The first-order valence-corrected chi connectivity index (χ1v) is 7.84. The number of carbonyl (C=O) groups excluding carboxylic acids is 1. The molecule has 0 saturated heterocycles. The fraction of sp³-hybridized carbons (Fsp3) is 0.316. The molecule has 5 heteroatoms. The molecule has 0 spiro atoms. The Balaban J connectivity index is 1.92. The van der Waals surface area contributed by atoms with Crippen LogP contribution in [-0.2, 0) is 4.79 Å². The van der Waals surface area contributed by atoms with E-state index >= 15 is 0 Å². The molecule has 0 fully saturated rings. The van der Waals surface area contributed by atoms with Gasteiger partial charge < -0.3 is 10.1 Å². The molecule has 1 N–H and O–H groups in total. The predicted molar refractivity (Wildman–Crippen MR) is 88.9 cm³/mol. The van der Waals surface area contributed by atoms with E-state index in [0.717, 1.165) is 17.7 Å². The predicted octanol–water partition coefficient (Wildman–Crippen LogP) is 4.34. The maximum Gasteiger partial charge on any atom is 0.258 e. The van der Waals surface area contributed by atoms with Gasteiger partial charge in [0, 0.05) is 11.6 Å². The van der Waals surface area contributed by atoms with Crippen molar-refractivity contribution in [2.75, 3.05) is 6.61 Å². The zero-order valence-corrected chi connectivity index (χ0v) is 14.0. The van der Waals surface area contributed by atoms with E-state index in [9.17, 15) is 13.6 Å². The third-order valence-electron chi connectivity index (χ3n) is 3.70. The Bertz CT molecular complexity index is 716. The highest BCUT2D eigenvalue weighted by Gasteiger charge is 2.14. The number of rotatable bonds is 6. The fourth-order valence-electron chi connectivity index (χ4n) is 2.33. The first kappa shape index (κ1) is 17.9. The van der Waals surface area contributed by atoms with Gasteiger partial charge in [0.1, 0.15) is 17.4 Å². The maximum absolute atomic E-state index is 13.7. The molecule has 0 aliphatic carbocycles. The summed E-state index contributed by atoms with van der Waals surface area (Å²) < 4.78 is 32.1. The minimum Gasteiger partial charge on any atom is -0.484 e. The summed E-state index contributed by atoms with van der Waals surface area (Å²) in [5.41, 5.74) is 1.35. The zero-order valence-electron chi connectivity index (χ0n) is 14.0. The van der Waals surface area contributed by atoms with Crippen molar-refractivity contribution in [1.29, 1.82) is 0 Å². The second kappa shape index (κ2) is 7.90. The summed E-state index contributed by atoms with van der Waals surface area (Å²) in [5.74, 6) is -0.738. The zero-order chi connectivity index (χ0) is 17.7. The molecule has 1 unspecified atom stereocenters. The van der Waals surface area contributed by atoms with Crippen LogP contribution in [0.4, 0.5) is 8.78 Å². The van der Waals surface area contributed by atoms with Crippen LogP contribution in [0, 0.1) is 11.6 Å². The molecule has 2 rings (SSSR count). The number of halogens is 2. The molecule has 3 nitrogen and oxygen atoms in total. The molecule has 0 aliphatic heterocycles. The van der Waals surface area contributed by atoms with Gasteiger partial charge in [-0.15, -0.1) is 0 Å². The Labute approximate surface area is 140 Å². The summed E-state index contributed by atoms with van der Waals surface area (Å²) in [4.78, 5) is 12.0. The standard InChI is InChI=1S/C19H21F2NO2/c1-12(2)14-5-4-6-16(9-14)24-11-19(23)22-13(3)17-8-7-15(20)10-18(17)21/h4-10,12-13H,11H2,1-3H3,(H,22,23). The summed E-state index contributed by atoms with van der Waals surface area (Å²) in [6.45, 7) is 5.61. The van der Waals surface area contributed by atoms with Crippen molar-refractivity contribution < 1.29 is 18.3 Å². The Morgan fingerprint density at radius 2 is 1.88 bits per heavy atom. The van der Waals surface area contributed by atoms with Crippen LogP contribution in [0.15, 0.2) is 42.5 Å². The topological polar surface area (TPSA) is 38.3 Å². The number of benzene rings is 2. The molecule has 0 aromatic heterocycles. The maximum atomic E-state index is 13.7. The van der Waals surface area contributed by atoms with Crippen molar-refractivity contribution in [3.8, 4) is 5.75 Å². The third-order valence-corrected chi connectivity index (χ3v) is 3.70. The van der Waals surface area contributed by atoms with Crippen LogP contribution in [0.25, 0.3) is 0 Å². The summed E-state index contributed by atoms with van der Waals surface area (Å²) in [6, 6.07) is 10.2. The summed E-state index contributed by atoms with van der Waals surface area (Å²) in [7, 11) is 0. The van der Waals surface area contributed by atoms with Crippen LogP contribution < -0.4 is 10.1 Å². The number of hydrogen-bond donors (Lipinski definition) is 1. The van der Waals surface area contributed by atoms with E-state index in [0.29, 0.717) is 11.7 Å². The van der Waals surface area contributed by atoms with Gasteiger partial charge in [0.15, 0.2) is 6.61 Å². The largest absolute Gasteiger partial charge is 0.484 e. The minimum atomic E-state index is -0.687. The van der Waals surface area contributed by atoms with Crippen molar-refractivity contribution in [3.63, 3.8) is 0 Å². The summed E-state index contributed by atoms with van der Waals surface area (Å²) >= 11 is 0. The van der Waals surface area contributed by atoms with Gasteiger partial charge in [-0.1, -0.05) is 32.0 Å². The van der Waals surface area contributed by atoms with E-state index in [4.69, 9.17) is 4.74 Å². The quantitative estimate of drug-likeness (QED) is 0.854. The first-order valence-electron chi connectivity index (χ1n) is 7.84.